The van der Waals surface area contributed by atoms with Gasteiger partial charge in [-0.3, -0.25) is 9.59 Å². The van der Waals surface area contributed by atoms with Crippen molar-refractivity contribution in [1.82, 2.24) is 10.2 Å². The first kappa shape index (κ1) is 19.0. The summed E-state index contributed by atoms with van der Waals surface area (Å²) in [5, 5.41) is 2.90. The Morgan fingerprint density at radius 2 is 2.04 bits per heavy atom. The summed E-state index contributed by atoms with van der Waals surface area (Å²) in [6.07, 6.45) is 3.12. The molecule has 2 amide bonds. The largest absolute Gasteiger partial charge is 0.497 e. The second kappa shape index (κ2) is 10.6. The molecule has 5 heteroatoms. The third kappa shape index (κ3) is 7.68. The number of nitrogens with zero attached hydrogens (tertiary/aromatic N) is 1. The smallest absolute Gasteiger partial charge is 0.221 e. The summed E-state index contributed by atoms with van der Waals surface area (Å²) in [6.45, 7) is 5.43. The van der Waals surface area contributed by atoms with Gasteiger partial charge in [-0.2, -0.15) is 0 Å². The highest BCUT2D eigenvalue weighted by atomic mass is 16.5. The van der Waals surface area contributed by atoms with E-state index >= 15 is 0 Å². The molecule has 0 atom stereocenters. The van der Waals surface area contributed by atoms with Gasteiger partial charge in [-0.1, -0.05) is 25.5 Å². The molecular weight excluding hydrogens is 292 g/mol. The van der Waals surface area contributed by atoms with Crippen LogP contribution in [0.5, 0.6) is 5.75 Å². The molecular formula is C18H28N2O3. The second-order valence-corrected chi connectivity index (χ2v) is 5.56. The molecule has 0 radical (unpaired) electrons. The van der Waals surface area contributed by atoms with Gasteiger partial charge in [-0.15, -0.1) is 0 Å². The van der Waals surface area contributed by atoms with Crippen LogP contribution >= 0.6 is 0 Å². The lowest BCUT2D eigenvalue weighted by Crippen LogP contribution is -2.35. The van der Waals surface area contributed by atoms with Gasteiger partial charge in [0, 0.05) is 33.0 Å². The van der Waals surface area contributed by atoms with Crippen molar-refractivity contribution in [1.29, 1.82) is 0 Å². The van der Waals surface area contributed by atoms with Crippen LogP contribution in [0.25, 0.3) is 0 Å². The molecule has 0 saturated carbocycles. The Balaban J connectivity index is 2.29. The summed E-state index contributed by atoms with van der Waals surface area (Å²) < 4.78 is 5.18. The fourth-order valence-corrected chi connectivity index (χ4v) is 2.27. The summed E-state index contributed by atoms with van der Waals surface area (Å²) >= 11 is 0. The Kier molecular flexibility index (Phi) is 8.80. The van der Waals surface area contributed by atoms with Crippen LogP contribution < -0.4 is 10.1 Å². The van der Waals surface area contributed by atoms with Crippen LogP contribution in [0.3, 0.4) is 0 Å². The average Bonchev–Trinajstić information content (AvgIpc) is 2.54. The highest BCUT2D eigenvalue weighted by molar-refractivity contribution is 5.78. The van der Waals surface area contributed by atoms with Crippen molar-refractivity contribution >= 4 is 11.8 Å². The van der Waals surface area contributed by atoms with E-state index in [1.807, 2.05) is 24.3 Å². The number of benzene rings is 1. The lowest BCUT2D eigenvalue weighted by atomic mass is 10.1. The molecule has 1 aromatic carbocycles. The molecule has 5 nitrogen and oxygen atoms in total. The van der Waals surface area contributed by atoms with Crippen LogP contribution in [0.15, 0.2) is 24.3 Å². The Labute approximate surface area is 139 Å². The minimum atomic E-state index is -0.0179. The van der Waals surface area contributed by atoms with E-state index in [2.05, 4.69) is 12.2 Å². The molecule has 0 fully saturated rings. The Morgan fingerprint density at radius 1 is 1.26 bits per heavy atom. The van der Waals surface area contributed by atoms with Crippen molar-refractivity contribution in [3.05, 3.63) is 29.8 Å². The van der Waals surface area contributed by atoms with E-state index in [0.29, 0.717) is 19.5 Å². The SMILES string of the molecule is CCCCN(CCC(=O)NCCc1cccc(OC)c1)C(C)=O. The second-order valence-electron chi connectivity index (χ2n) is 5.56. The van der Waals surface area contributed by atoms with Gasteiger partial charge in [-0.05, 0) is 30.5 Å². The quantitative estimate of drug-likeness (QED) is 0.720. The maximum absolute atomic E-state index is 11.9. The number of ether oxygens (including phenoxy) is 1. The minimum Gasteiger partial charge on any atom is -0.497 e. The predicted molar refractivity (Wildman–Crippen MR) is 91.5 cm³/mol. The third-order valence-electron chi connectivity index (χ3n) is 3.71. The van der Waals surface area contributed by atoms with Gasteiger partial charge in [0.05, 0.1) is 7.11 Å². The molecule has 23 heavy (non-hydrogen) atoms. The van der Waals surface area contributed by atoms with Crippen LogP contribution in [-0.2, 0) is 16.0 Å². The zero-order valence-corrected chi connectivity index (χ0v) is 14.4. The fourth-order valence-electron chi connectivity index (χ4n) is 2.27. The lowest BCUT2D eigenvalue weighted by Gasteiger charge is -2.20. The van der Waals surface area contributed by atoms with Crippen LogP contribution in [0.4, 0.5) is 0 Å². The number of hydrogen-bond donors (Lipinski definition) is 1. The highest BCUT2D eigenvalue weighted by Crippen LogP contribution is 2.12. The van der Waals surface area contributed by atoms with E-state index < -0.39 is 0 Å². The average molecular weight is 320 g/mol. The van der Waals surface area contributed by atoms with Crippen molar-refractivity contribution in [2.45, 2.75) is 39.5 Å². The van der Waals surface area contributed by atoms with Gasteiger partial charge >= 0.3 is 0 Å². The molecule has 0 bridgehead atoms. The van der Waals surface area contributed by atoms with Gasteiger partial charge in [-0.25, -0.2) is 0 Å². The number of nitrogens with one attached hydrogen (secondary N) is 1. The van der Waals surface area contributed by atoms with E-state index in [1.165, 1.54) is 0 Å². The van der Waals surface area contributed by atoms with E-state index in [4.69, 9.17) is 4.74 Å². The number of methoxy groups -OCH3 is 1. The molecule has 0 heterocycles. The lowest BCUT2D eigenvalue weighted by molar-refractivity contribution is -0.129. The summed E-state index contributed by atoms with van der Waals surface area (Å²) in [7, 11) is 1.64. The molecule has 128 valence electrons. The Bertz CT molecular complexity index is 503. The number of carbonyl (C=O) groups excluding carboxylic acids is 2. The van der Waals surface area contributed by atoms with Gasteiger partial charge in [0.1, 0.15) is 5.75 Å². The first-order chi connectivity index (χ1) is 11.1. The molecule has 0 aliphatic carbocycles. The monoisotopic (exact) mass is 320 g/mol. The van der Waals surface area contributed by atoms with E-state index in [-0.39, 0.29) is 11.8 Å². The van der Waals surface area contributed by atoms with Crippen molar-refractivity contribution in [2.75, 3.05) is 26.7 Å². The molecule has 1 rings (SSSR count). The van der Waals surface area contributed by atoms with Crippen LogP contribution in [-0.4, -0.2) is 43.5 Å². The molecule has 0 saturated heterocycles. The predicted octanol–water partition coefficient (Wildman–Crippen LogP) is 2.39. The number of amides is 2. The topological polar surface area (TPSA) is 58.6 Å². The number of hydrogen-bond acceptors (Lipinski definition) is 3. The van der Waals surface area contributed by atoms with Crippen LogP contribution in [0, 0.1) is 0 Å². The summed E-state index contributed by atoms with van der Waals surface area (Å²) in [6, 6.07) is 7.81. The highest BCUT2D eigenvalue weighted by Gasteiger charge is 2.10. The number of rotatable bonds is 10. The van der Waals surface area contributed by atoms with Gasteiger partial charge in [0.15, 0.2) is 0 Å². The van der Waals surface area contributed by atoms with Crippen molar-refractivity contribution in [3.63, 3.8) is 0 Å². The standard InChI is InChI=1S/C18H28N2O3/c1-4-5-12-20(15(2)21)13-10-18(22)19-11-9-16-7-6-8-17(14-16)23-3/h6-8,14H,4-5,9-13H2,1-3H3,(H,19,22). The number of unbranched alkanes of at least 4 members (excludes halogenated alkanes) is 1. The molecule has 1 aromatic rings. The number of carbonyl (C=O) groups is 2. The molecule has 0 aromatic heterocycles. The van der Waals surface area contributed by atoms with E-state index in [0.717, 1.165) is 37.1 Å². The summed E-state index contributed by atoms with van der Waals surface area (Å²) in [5.74, 6) is 0.833. The first-order valence-corrected chi connectivity index (χ1v) is 8.22. The third-order valence-corrected chi connectivity index (χ3v) is 3.71. The summed E-state index contributed by atoms with van der Waals surface area (Å²) in [4.78, 5) is 25.1. The van der Waals surface area contributed by atoms with Gasteiger partial charge in [0.25, 0.3) is 0 Å². The zero-order valence-electron chi connectivity index (χ0n) is 14.4. The molecule has 1 N–H and O–H groups in total. The minimum absolute atomic E-state index is 0.0179. The van der Waals surface area contributed by atoms with Crippen molar-refractivity contribution in [3.8, 4) is 5.75 Å². The van der Waals surface area contributed by atoms with E-state index in [1.54, 1.807) is 18.9 Å². The zero-order chi connectivity index (χ0) is 17.1. The maximum atomic E-state index is 11.9. The Morgan fingerprint density at radius 3 is 2.70 bits per heavy atom. The van der Waals surface area contributed by atoms with Crippen molar-refractivity contribution in [2.24, 2.45) is 0 Å². The molecule has 0 aliphatic heterocycles. The van der Waals surface area contributed by atoms with E-state index in [9.17, 15) is 9.59 Å². The first-order valence-electron chi connectivity index (χ1n) is 8.22. The van der Waals surface area contributed by atoms with Crippen LogP contribution in [0.1, 0.15) is 38.7 Å². The van der Waals surface area contributed by atoms with Crippen LogP contribution in [0.2, 0.25) is 0 Å². The fraction of sp³-hybridized carbons (Fsp3) is 0.556. The molecule has 0 spiro atoms. The molecule has 0 unspecified atom stereocenters. The van der Waals surface area contributed by atoms with Gasteiger partial charge < -0.3 is 15.0 Å². The molecule has 0 aliphatic rings. The van der Waals surface area contributed by atoms with Crippen molar-refractivity contribution < 1.29 is 14.3 Å². The normalized spacial score (nSPS) is 10.2. The maximum Gasteiger partial charge on any atom is 0.221 e. The Hall–Kier alpha value is -2.04. The summed E-state index contributed by atoms with van der Waals surface area (Å²) in [5.41, 5.74) is 1.12. The van der Waals surface area contributed by atoms with Gasteiger partial charge in [0.2, 0.25) is 11.8 Å².